The summed E-state index contributed by atoms with van der Waals surface area (Å²) in [5.41, 5.74) is 5.10. The Labute approximate surface area is 207 Å². The molecule has 4 rings (SSSR count). The summed E-state index contributed by atoms with van der Waals surface area (Å²) in [4.78, 5) is 32.3. The van der Waals surface area contributed by atoms with Crippen LogP contribution in [0.3, 0.4) is 0 Å². The van der Waals surface area contributed by atoms with E-state index in [-0.39, 0.29) is 6.04 Å². The second-order valence-electron chi connectivity index (χ2n) is 9.34. The van der Waals surface area contributed by atoms with Gasteiger partial charge in [0.1, 0.15) is 0 Å². The number of fused-ring (bicyclic) bond motifs is 1. The normalized spacial score (nSPS) is 17.7. The molecule has 7 nitrogen and oxygen atoms in total. The summed E-state index contributed by atoms with van der Waals surface area (Å²) < 4.78 is 0. The number of rotatable bonds is 5. The van der Waals surface area contributed by atoms with Crippen LogP contribution in [0, 0.1) is 6.92 Å². The van der Waals surface area contributed by atoms with Gasteiger partial charge in [0.25, 0.3) is 0 Å². The summed E-state index contributed by atoms with van der Waals surface area (Å²) in [6.07, 6.45) is 2.21. The molecule has 2 amide bonds. The number of carbonyl (C=O) groups is 2. The van der Waals surface area contributed by atoms with Gasteiger partial charge in [-0.3, -0.25) is 14.5 Å². The van der Waals surface area contributed by atoms with Crippen LogP contribution in [0.4, 0.5) is 11.4 Å². The van der Waals surface area contributed by atoms with Gasteiger partial charge in [0.2, 0.25) is 0 Å². The molecule has 0 bridgehead atoms. The van der Waals surface area contributed by atoms with Crippen LogP contribution in [0.15, 0.2) is 36.4 Å². The summed E-state index contributed by atoms with van der Waals surface area (Å²) in [6.45, 7) is 7.06. The van der Waals surface area contributed by atoms with E-state index in [0.29, 0.717) is 17.3 Å². The molecule has 0 aliphatic carbocycles. The van der Waals surface area contributed by atoms with Crippen molar-refractivity contribution < 1.29 is 9.59 Å². The number of nitrogens with zero attached hydrogens (tertiary/aromatic N) is 3. The molecular formula is C26H34ClN5O2. The SMILES string of the molecule is Cc1c(Cl)cccc1NC(=O)C(=O)NCC(c1ccc2c(c1)CCCN2C)N1CCN(C)CC1. The first-order valence-electron chi connectivity index (χ1n) is 11.9. The lowest BCUT2D eigenvalue weighted by atomic mass is 9.95. The molecule has 2 heterocycles. The summed E-state index contributed by atoms with van der Waals surface area (Å²) in [6, 6.07) is 11.9. The zero-order chi connectivity index (χ0) is 24.2. The fourth-order valence-electron chi connectivity index (χ4n) is 4.80. The van der Waals surface area contributed by atoms with Gasteiger partial charge in [-0.2, -0.15) is 0 Å². The van der Waals surface area contributed by atoms with Gasteiger partial charge in [-0.1, -0.05) is 29.8 Å². The lowest BCUT2D eigenvalue weighted by molar-refractivity contribution is -0.136. The van der Waals surface area contributed by atoms with Gasteiger partial charge in [-0.25, -0.2) is 0 Å². The molecule has 2 aromatic carbocycles. The fourth-order valence-corrected chi connectivity index (χ4v) is 4.97. The lowest BCUT2D eigenvalue weighted by Crippen LogP contribution is -2.49. The van der Waals surface area contributed by atoms with Crippen molar-refractivity contribution in [1.29, 1.82) is 0 Å². The number of likely N-dealkylation sites (N-methyl/N-ethyl adjacent to an activating group) is 1. The van der Waals surface area contributed by atoms with Gasteiger partial charge >= 0.3 is 11.8 Å². The Kier molecular flexibility index (Phi) is 7.76. The number of amides is 2. The van der Waals surface area contributed by atoms with E-state index in [9.17, 15) is 9.59 Å². The average Bonchev–Trinajstić information content (AvgIpc) is 2.83. The second kappa shape index (κ2) is 10.8. The van der Waals surface area contributed by atoms with E-state index in [1.165, 1.54) is 16.8 Å². The molecule has 1 unspecified atom stereocenters. The summed E-state index contributed by atoms with van der Waals surface area (Å²) in [5, 5.41) is 6.11. The van der Waals surface area contributed by atoms with Crippen LogP contribution in [0.2, 0.25) is 5.02 Å². The number of aryl methyl sites for hydroxylation is 1. The monoisotopic (exact) mass is 483 g/mol. The number of hydrogen-bond donors (Lipinski definition) is 2. The smallest absolute Gasteiger partial charge is 0.313 e. The van der Waals surface area contributed by atoms with E-state index in [1.54, 1.807) is 18.2 Å². The molecule has 2 aliphatic heterocycles. The molecule has 1 fully saturated rings. The molecule has 2 aromatic rings. The Hall–Kier alpha value is -2.61. The van der Waals surface area contributed by atoms with Crippen LogP contribution < -0.4 is 15.5 Å². The predicted octanol–water partition coefficient (Wildman–Crippen LogP) is 3.07. The van der Waals surface area contributed by atoms with E-state index in [4.69, 9.17) is 11.6 Å². The van der Waals surface area contributed by atoms with Gasteiger partial charge in [0, 0.05) is 62.7 Å². The van der Waals surface area contributed by atoms with Crippen molar-refractivity contribution in [3.8, 4) is 0 Å². The Balaban J connectivity index is 1.48. The van der Waals surface area contributed by atoms with Crippen LogP contribution >= 0.6 is 11.6 Å². The van der Waals surface area contributed by atoms with Crippen molar-refractivity contribution in [2.24, 2.45) is 0 Å². The van der Waals surface area contributed by atoms with Crippen molar-refractivity contribution in [3.63, 3.8) is 0 Å². The maximum Gasteiger partial charge on any atom is 0.313 e. The van der Waals surface area contributed by atoms with Gasteiger partial charge in [0.05, 0.1) is 6.04 Å². The number of carbonyl (C=O) groups excluding carboxylic acids is 2. The topological polar surface area (TPSA) is 67.9 Å². The van der Waals surface area contributed by atoms with Crippen LogP contribution in [-0.4, -0.2) is 75.0 Å². The molecule has 182 valence electrons. The maximum atomic E-state index is 12.7. The van der Waals surface area contributed by atoms with E-state index in [0.717, 1.165) is 51.1 Å². The molecular weight excluding hydrogens is 450 g/mol. The minimum atomic E-state index is -0.686. The number of anilines is 2. The van der Waals surface area contributed by atoms with Crippen molar-refractivity contribution >= 4 is 34.8 Å². The average molecular weight is 484 g/mol. The molecule has 0 radical (unpaired) electrons. The highest BCUT2D eigenvalue weighted by molar-refractivity contribution is 6.40. The summed E-state index contributed by atoms with van der Waals surface area (Å²) in [7, 11) is 4.26. The molecule has 2 N–H and O–H groups in total. The standard InChI is InChI=1S/C26H34ClN5O2/c1-18-21(27)7-4-8-22(18)29-26(34)25(33)28-17-24(32-14-12-30(2)13-15-32)20-9-10-23-19(16-20)6-5-11-31(23)3/h4,7-10,16,24H,5-6,11-15,17H2,1-3H3,(H,28,33)(H,29,34). The van der Waals surface area contributed by atoms with E-state index >= 15 is 0 Å². The maximum absolute atomic E-state index is 12.7. The van der Waals surface area contributed by atoms with Crippen LogP contribution in [0.1, 0.15) is 29.2 Å². The van der Waals surface area contributed by atoms with Crippen LogP contribution in [-0.2, 0) is 16.0 Å². The van der Waals surface area contributed by atoms with Crippen molar-refractivity contribution in [1.82, 2.24) is 15.1 Å². The predicted molar refractivity (Wildman–Crippen MR) is 138 cm³/mol. The van der Waals surface area contributed by atoms with Crippen molar-refractivity contribution in [3.05, 3.63) is 58.1 Å². The molecule has 8 heteroatoms. The van der Waals surface area contributed by atoms with Crippen LogP contribution in [0.5, 0.6) is 0 Å². The Bertz CT molecular complexity index is 1050. The minimum absolute atomic E-state index is 0.0101. The molecule has 0 aromatic heterocycles. The third-order valence-corrected chi connectivity index (χ3v) is 7.41. The van der Waals surface area contributed by atoms with Gasteiger partial charge in [0.15, 0.2) is 0 Å². The Morgan fingerprint density at radius 3 is 2.56 bits per heavy atom. The van der Waals surface area contributed by atoms with Crippen molar-refractivity contribution in [2.45, 2.75) is 25.8 Å². The zero-order valence-electron chi connectivity index (χ0n) is 20.2. The number of piperazine rings is 1. The minimum Gasteiger partial charge on any atom is -0.374 e. The highest BCUT2D eigenvalue weighted by Crippen LogP contribution is 2.31. The molecule has 1 atom stereocenters. The first-order valence-corrected chi connectivity index (χ1v) is 12.3. The first kappa shape index (κ1) is 24.5. The molecule has 0 spiro atoms. The first-order chi connectivity index (χ1) is 16.3. The van der Waals surface area contributed by atoms with Gasteiger partial charge < -0.3 is 20.4 Å². The number of hydrogen-bond acceptors (Lipinski definition) is 5. The molecule has 1 saturated heterocycles. The van der Waals surface area contributed by atoms with E-state index in [2.05, 4.69) is 57.6 Å². The lowest BCUT2D eigenvalue weighted by Gasteiger charge is -2.39. The largest absolute Gasteiger partial charge is 0.374 e. The number of nitrogens with one attached hydrogen (secondary N) is 2. The van der Waals surface area contributed by atoms with Crippen molar-refractivity contribution in [2.75, 3.05) is 63.6 Å². The quantitative estimate of drug-likeness (QED) is 0.640. The Morgan fingerprint density at radius 2 is 1.79 bits per heavy atom. The number of benzene rings is 2. The molecule has 2 aliphatic rings. The highest BCUT2D eigenvalue weighted by Gasteiger charge is 2.27. The van der Waals surface area contributed by atoms with E-state index in [1.807, 2.05) is 6.92 Å². The fraction of sp³-hybridized carbons (Fsp3) is 0.462. The second-order valence-corrected chi connectivity index (χ2v) is 9.75. The highest BCUT2D eigenvalue weighted by atomic mass is 35.5. The van der Waals surface area contributed by atoms with E-state index < -0.39 is 11.8 Å². The summed E-state index contributed by atoms with van der Waals surface area (Å²) >= 11 is 6.14. The Morgan fingerprint density at radius 1 is 1.03 bits per heavy atom. The third-order valence-electron chi connectivity index (χ3n) is 7.00. The van der Waals surface area contributed by atoms with Gasteiger partial charge in [-0.15, -0.1) is 0 Å². The number of halogens is 1. The zero-order valence-corrected chi connectivity index (χ0v) is 21.0. The molecule has 0 saturated carbocycles. The van der Waals surface area contributed by atoms with Crippen LogP contribution in [0.25, 0.3) is 0 Å². The molecule has 34 heavy (non-hydrogen) atoms. The summed E-state index contributed by atoms with van der Waals surface area (Å²) in [5.74, 6) is -1.33. The van der Waals surface area contributed by atoms with Gasteiger partial charge in [-0.05, 0) is 61.7 Å². The third kappa shape index (κ3) is 5.54.